The predicted molar refractivity (Wildman–Crippen MR) is 100 cm³/mol. The standard InChI is InChI=1S/C19H15ClN2O5/c1-12-10-13(20)6-8-17(12)26-11-14-7-9-18(27-14)19(23)21-15-4-2-3-5-16(15)22(24)25/h2-10H,11H2,1H3,(H,21,23). The van der Waals surface area contributed by atoms with Gasteiger partial charge in [-0.25, -0.2) is 0 Å². The molecule has 0 unspecified atom stereocenters. The van der Waals surface area contributed by atoms with Crippen molar-refractivity contribution in [2.45, 2.75) is 13.5 Å². The smallest absolute Gasteiger partial charge is 0.292 e. The fourth-order valence-electron chi connectivity index (χ4n) is 2.42. The van der Waals surface area contributed by atoms with Crippen LogP contribution in [0, 0.1) is 17.0 Å². The van der Waals surface area contributed by atoms with Crippen LogP contribution >= 0.6 is 11.6 Å². The van der Waals surface area contributed by atoms with E-state index in [-0.39, 0.29) is 23.7 Å². The fourth-order valence-corrected chi connectivity index (χ4v) is 2.65. The van der Waals surface area contributed by atoms with Gasteiger partial charge in [-0.2, -0.15) is 0 Å². The highest BCUT2D eigenvalue weighted by Crippen LogP contribution is 2.25. The summed E-state index contributed by atoms with van der Waals surface area (Å²) < 4.78 is 11.1. The fraction of sp³-hybridized carbons (Fsp3) is 0.105. The Labute approximate surface area is 159 Å². The molecule has 8 heteroatoms. The first-order chi connectivity index (χ1) is 12.9. The van der Waals surface area contributed by atoms with Gasteiger partial charge in [0, 0.05) is 11.1 Å². The number of nitro groups is 1. The Balaban J connectivity index is 1.67. The molecule has 0 aliphatic heterocycles. The van der Waals surface area contributed by atoms with Crippen LogP contribution < -0.4 is 10.1 Å². The number of nitrogens with one attached hydrogen (secondary N) is 1. The topological polar surface area (TPSA) is 94.6 Å². The van der Waals surface area contributed by atoms with E-state index in [0.717, 1.165) is 5.56 Å². The molecule has 3 rings (SSSR count). The summed E-state index contributed by atoms with van der Waals surface area (Å²) in [6.07, 6.45) is 0. The SMILES string of the molecule is Cc1cc(Cl)ccc1OCc1ccc(C(=O)Nc2ccccc2[N+](=O)[O-])o1. The molecular formula is C19H15ClN2O5. The summed E-state index contributed by atoms with van der Waals surface area (Å²) in [5.74, 6) is 0.538. The molecule has 0 fully saturated rings. The lowest BCUT2D eigenvalue weighted by Gasteiger charge is -2.07. The van der Waals surface area contributed by atoms with Crippen LogP contribution in [0.4, 0.5) is 11.4 Å². The highest BCUT2D eigenvalue weighted by Gasteiger charge is 2.18. The van der Waals surface area contributed by atoms with Gasteiger partial charge in [-0.05, 0) is 48.9 Å². The van der Waals surface area contributed by atoms with Crippen LogP contribution in [0.25, 0.3) is 0 Å². The molecule has 0 spiro atoms. The van der Waals surface area contributed by atoms with E-state index >= 15 is 0 Å². The molecule has 7 nitrogen and oxygen atoms in total. The summed E-state index contributed by atoms with van der Waals surface area (Å²) in [6, 6.07) is 14.2. The molecule has 0 atom stereocenters. The zero-order chi connectivity index (χ0) is 19.4. The highest BCUT2D eigenvalue weighted by molar-refractivity contribution is 6.30. The largest absolute Gasteiger partial charge is 0.485 e. The van der Waals surface area contributed by atoms with Crippen molar-refractivity contribution in [1.29, 1.82) is 0 Å². The number of hydrogen-bond donors (Lipinski definition) is 1. The van der Waals surface area contributed by atoms with Gasteiger partial charge >= 0.3 is 0 Å². The molecule has 2 aromatic carbocycles. The van der Waals surface area contributed by atoms with Crippen molar-refractivity contribution in [2.75, 3.05) is 5.32 Å². The van der Waals surface area contributed by atoms with E-state index < -0.39 is 10.8 Å². The number of hydrogen-bond acceptors (Lipinski definition) is 5. The van der Waals surface area contributed by atoms with Gasteiger partial charge in [-0.15, -0.1) is 0 Å². The van der Waals surface area contributed by atoms with Crippen molar-refractivity contribution in [3.8, 4) is 5.75 Å². The van der Waals surface area contributed by atoms with Crippen molar-refractivity contribution < 1.29 is 18.9 Å². The number of carbonyl (C=O) groups excluding carboxylic acids is 1. The molecular weight excluding hydrogens is 372 g/mol. The molecule has 27 heavy (non-hydrogen) atoms. The number of amides is 1. The van der Waals surface area contributed by atoms with E-state index in [0.29, 0.717) is 16.5 Å². The molecule has 1 amide bonds. The van der Waals surface area contributed by atoms with Gasteiger partial charge in [-0.1, -0.05) is 23.7 Å². The van der Waals surface area contributed by atoms with Gasteiger partial charge in [0.25, 0.3) is 11.6 Å². The summed E-state index contributed by atoms with van der Waals surface area (Å²) >= 11 is 5.91. The number of benzene rings is 2. The maximum absolute atomic E-state index is 12.3. The summed E-state index contributed by atoms with van der Waals surface area (Å²) in [7, 11) is 0. The summed E-state index contributed by atoms with van der Waals surface area (Å²) in [6.45, 7) is 2.00. The van der Waals surface area contributed by atoms with Crippen LogP contribution in [-0.4, -0.2) is 10.8 Å². The van der Waals surface area contributed by atoms with Crippen molar-refractivity contribution in [3.63, 3.8) is 0 Å². The molecule has 1 heterocycles. The Morgan fingerprint density at radius 2 is 2.00 bits per heavy atom. The summed E-state index contributed by atoms with van der Waals surface area (Å²) in [4.78, 5) is 22.7. The monoisotopic (exact) mass is 386 g/mol. The molecule has 0 aliphatic rings. The Morgan fingerprint density at radius 1 is 1.22 bits per heavy atom. The first kappa shape index (κ1) is 18.5. The lowest BCUT2D eigenvalue weighted by atomic mass is 10.2. The number of para-hydroxylation sites is 2. The number of rotatable bonds is 6. The summed E-state index contributed by atoms with van der Waals surface area (Å²) in [5, 5.41) is 14.1. The van der Waals surface area contributed by atoms with Crippen LogP contribution in [0.1, 0.15) is 21.9 Å². The van der Waals surface area contributed by atoms with E-state index in [2.05, 4.69) is 5.32 Å². The van der Waals surface area contributed by atoms with Crippen molar-refractivity contribution in [1.82, 2.24) is 0 Å². The Morgan fingerprint density at radius 3 is 2.74 bits per heavy atom. The molecule has 0 aliphatic carbocycles. The maximum atomic E-state index is 12.3. The second-order valence-electron chi connectivity index (χ2n) is 5.69. The van der Waals surface area contributed by atoms with Crippen LogP contribution in [-0.2, 0) is 6.61 Å². The predicted octanol–water partition coefficient (Wildman–Crippen LogP) is 4.98. The summed E-state index contributed by atoms with van der Waals surface area (Å²) in [5.41, 5.74) is 0.779. The maximum Gasteiger partial charge on any atom is 0.292 e. The van der Waals surface area contributed by atoms with Gasteiger partial charge in [0.2, 0.25) is 0 Å². The molecule has 0 bridgehead atoms. The third-order valence-corrected chi connectivity index (χ3v) is 3.98. The molecule has 1 aromatic heterocycles. The van der Waals surface area contributed by atoms with E-state index in [9.17, 15) is 14.9 Å². The molecule has 0 radical (unpaired) electrons. The number of carbonyl (C=O) groups is 1. The van der Waals surface area contributed by atoms with Crippen molar-refractivity contribution >= 4 is 28.9 Å². The number of nitro benzene ring substituents is 1. The van der Waals surface area contributed by atoms with Gasteiger partial charge in [0.05, 0.1) is 4.92 Å². The number of anilines is 1. The van der Waals surface area contributed by atoms with Gasteiger partial charge in [0.15, 0.2) is 5.76 Å². The second-order valence-corrected chi connectivity index (χ2v) is 6.13. The normalized spacial score (nSPS) is 10.4. The molecule has 1 N–H and O–H groups in total. The van der Waals surface area contributed by atoms with Crippen LogP contribution in [0.3, 0.4) is 0 Å². The number of halogens is 1. The van der Waals surface area contributed by atoms with Gasteiger partial charge in [0.1, 0.15) is 23.8 Å². The second kappa shape index (κ2) is 7.92. The molecule has 0 saturated heterocycles. The van der Waals surface area contributed by atoms with E-state index in [1.54, 1.807) is 30.3 Å². The van der Waals surface area contributed by atoms with Crippen LogP contribution in [0.15, 0.2) is 59.0 Å². The van der Waals surface area contributed by atoms with Gasteiger partial charge in [-0.3, -0.25) is 14.9 Å². The number of ether oxygens (including phenoxy) is 1. The number of furan rings is 1. The minimum absolute atomic E-state index is 0.0274. The lowest BCUT2D eigenvalue weighted by Crippen LogP contribution is -2.12. The van der Waals surface area contributed by atoms with Crippen molar-refractivity contribution in [3.05, 3.63) is 86.8 Å². The van der Waals surface area contributed by atoms with Crippen molar-refractivity contribution in [2.24, 2.45) is 0 Å². The quantitative estimate of drug-likeness (QED) is 0.476. The molecule has 0 saturated carbocycles. The third-order valence-electron chi connectivity index (χ3n) is 3.74. The first-order valence-corrected chi connectivity index (χ1v) is 8.34. The Kier molecular flexibility index (Phi) is 5.42. The first-order valence-electron chi connectivity index (χ1n) is 7.96. The lowest BCUT2D eigenvalue weighted by molar-refractivity contribution is -0.383. The van der Waals surface area contributed by atoms with Gasteiger partial charge < -0.3 is 14.5 Å². The average Bonchev–Trinajstić information content (AvgIpc) is 3.10. The van der Waals surface area contributed by atoms with E-state index in [1.165, 1.54) is 24.3 Å². The molecule has 3 aromatic rings. The third kappa shape index (κ3) is 4.45. The zero-order valence-electron chi connectivity index (χ0n) is 14.3. The molecule has 138 valence electrons. The number of nitrogens with zero attached hydrogens (tertiary/aromatic N) is 1. The van der Waals surface area contributed by atoms with Crippen LogP contribution in [0.5, 0.6) is 5.75 Å². The van der Waals surface area contributed by atoms with E-state index in [4.69, 9.17) is 20.8 Å². The zero-order valence-corrected chi connectivity index (χ0v) is 15.0. The highest BCUT2D eigenvalue weighted by atomic mass is 35.5. The Bertz CT molecular complexity index is 999. The van der Waals surface area contributed by atoms with E-state index in [1.807, 2.05) is 6.92 Å². The van der Waals surface area contributed by atoms with Crippen LogP contribution in [0.2, 0.25) is 5.02 Å². The number of aryl methyl sites for hydroxylation is 1. The average molecular weight is 387 g/mol. The minimum atomic E-state index is -0.585. The Hall–Kier alpha value is -3.32. The minimum Gasteiger partial charge on any atom is -0.485 e.